The second-order valence-electron chi connectivity index (χ2n) is 6.09. The third-order valence-corrected chi connectivity index (χ3v) is 6.32. The molecule has 1 aliphatic carbocycles. The maximum absolute atomic E-state index is 12.4. The molecule has 25 heavy (non-hydrogen) atoms. The van der Waals surface area contributed by atoms with Crippen LogP contribution in [-0.2, 0) is 28.1 Å². The highest BCUT2D eigenvalue weighted by molar-refractivity contribution is 7.99. The molecule has 0 aliphatic heterocycles. The molecule has 0 saturated heterocycles. The number of rotatable bonds is 8. The number of H-pyrrole nitrogens is 1. The summed E-state index contributed by atoms with van der Waals surface area (Å²) in [6.07, 6.45) is 5.19. The van der Waals surface area contributed by atoms with E-state index in [-0.39, 0.29) is 11.5 Å². The topological polar surface area (TPSA) is 84.1 Å². The van der Waals surface area contributed by atoms with Crippen LogP contribution >= 0.6 is 23.1 Å². The Morgan fingerprint density at radius 2 is 2.24 bits per heavy atom. The van der Waals surface area contributed by atoms with Gasteiger partial charge in [0, 0.05) is 25.1 Å². The van der Waals surface area contributed by atoms with Crippen molar-refractivity contribution in [3.63, 3.8) is 0 Å². The van der Waals surface area contributed by atoms with Crippen molar-refractivity contribution in [2.24, 2.45) is 0 Å². The molecule has 1 amide bonds. The Labute approximate surface area is 154 Å². The van der Waals surface area contributed by atoms with E-state index in [1.165, 1.54) is 28.6 Å². The molecular formula is C17H23N3O3S2. The van der Waals surface area contributed by atoms with Gasteiger partial charge in [0.25, 0.3) is 5.56 Å². The summed E-state index contributed by atoms with van der Waals surface area (Å²) in [5.41, 5.74) is 1.17. The van der Waals surface area contributed by atoms with Crippen LogP contribution in [0.3, 0.4) is 0 Å². The van der Waals surface area contributed by atoms with Gasteiger partial charge < -0.3 is 15.0 Å². The van der Waals surface area contributed by atoms with E-state index in [0.29, 0.717) is 30.5 Å². The van der Waals surface area contributed by atoms with Gasteiger partial charge >= 0.3 is 0 Å². The van der Waals surface area contributed by atoms with E-state index in [1.807, 2.05) is 0 Å². The van der Waals surface area contributed by atoms with Gasteiger partial charge in [-0.05, 0) is 37.7 Å². The molecule has 2 N–H and O–H groups in total. The number of aryl methyl sites for hydroxylation is 2. The molecule has 6 nitrogen and oxygen atoms in total. The highest BCUT2D eigenvalue weighted by atomic mass is 32.2. The Morgan fingerprint density at radius 1 is 1.40 bits per heavy atom. The van der Waals surface area contributed by atoms with Crippen molar-refractivity contribution in [2.45, 2.75) is 37.9 Å². The highest BCUT2D eigenvalue weighted by Gasteiger charge is 2.19. The van der Waals surface area contributed by atoms with Gasteiger partial charge in [-0.25, -0.2) is 4.98 Å². The zero-order valence-corrected chi connectivity index (χ0v) is 16.0. The molecule has 1 aliphatic rings. The Balaban J connectivity index is 1.57. The van der Waals surface area contributed by atoms with E-state index < -0.39 is 0 Å². The number of aromatic nitrogens is 2. The number of hydrogen-bond acceptors (Lipinski definition) is 6. The van der Waals surface area contributed by atoms with Crippen LogP contribution in [0.4, 0.5) is 0 Å². The van der Waals surface area contributed by atoms with Gasteiger partial charge in [-0.3, -0.25) is 9.59 Å². The zero-order chi connectivity index (χ0) is 17.6. The number of amides is 1. The normalized spacial score (nSPS) is 13.8. The Bertz CT molecular complexity index is 800. The lowest BCUT2D eigenvalue weighted by Gasteiger charge is -2.09. The largest absolute Gasteiger partial charge is 0.385 e. The third-order valence-electron chi connectivity index (χ3n) is 4.19. The van der Waals surface area contributed by atoms with Crippen LogP contribution in [0.15, 0.2) is 4.79 Å². The number of fused-ring (bicyclic) bond motifs is 3. The maximum Gasteiger partial charge on any atom is 0.259 e. The zero-order valence-electron chi connectivity index (χ0n) is 14.4. The average molecular weight is 382 g/mol. The molecule has 0 fully saturated rings. The van der Waals surface area contributed by atoms with Gasteiger partial charge in [-0.1, -0.05) is 0 Å². The van der Waals surface area contributed by atoms with Crippen molar-refractivity contribution in [2.75, 3.05) is 26.0 Å². The summed E-state index contributed by atoms with van der Waals surface area (Å²) in [6.45, 7) is 1.26. The number of thiophene rings is 1. The molecule has 0 spiro atoms. The Morgan fingerprint density at radius 3 is 3.08 bits per heavy atom. The van der Waals surface area contributed by atoms with E-state index in [4.69, 9.17) is 4.74 Å². The van der Waals surface area contributed by atoms with Crippen molar-refractivity contribution < 1.29 is 9.53 Å². The highest BCUT2D eigenvalue weighted by Crippen LogP contribution is 2.33. The number of carbonyl (C=O) groups excluding carboxylic acids is 1. The second-order valence-corrected chi connectivity index (χ2v) is 8.16. The van der Waals surface area contributed by atoms with E-state index in [2.05, 4.69) is 15.3 Å². The molecule has 2 aromatic heterocycles. The molecule has 2 heterocycles. The van der Waals surface area contributed by atoms with Gasteiger partial charge in [0.05, 0.1) is 16.9 Å². The fourth-order valence-electron chi connectivity index (χ4n) is 3.01. The van der Waals surface area contributed by atoms with Gasteiger partial charge in [-0.2, -0.15) is 0 Å². The first kappa shape index (κ1) is 18.4. The minimum atomic E-state index is -0.0379. The number of aromatic amines is 1. The van der Waals surface area contributed by atoms with Gasteiger partial charge in [0.1, 0.15) is 10.7 Å². The van der Waals surface area contributed by atoms with Crippen LogP contribution < -0.4 is 10.9 Å². The molecule has 2 aromatic rings. The summed E-state index contributed by atoms with van der Waals surface area (Å²) in [4.78, 5) is 33.9. The van der Waals surface area contributed by atoms with Gasteiger partial charge in [0.2, 0.25) is 5.91 Å². The Hall–Kier alpha value is -1.38. The van der Waals surface area contributed by atoms with E-state index in [1.54, 1.807) is 18.4 Å². The van der Waals surface area contributed by atoms with Crippen LogP contribution in [0.2, 0.25) is 0 Å². The van der Waals surface area contributed by atoms with Crippen LogP contribution in [0.25, 0.3) is 10.2 Å². The van der Waals surface area contributed by atoms with Crippen molar-refractivity contribution in [3.05, 3.63) is 26.6 Å². The minimum absolute atomic E-state index is 0.00360. The summed E-state index contributed by atoms with van der Waals surface area (Å²) < 4.78 is 4.94. The molecule has 3 rings (SSSR count). The first-order valence-electron chi connectivity index (χ1n) is 8.56. The van der Waals surface area contributed by atoms with Crippen molar-refractivity contribution in [3.8, 4) is 0 Å². The lowest BCUT2D eigenvalue weighted by atomic mass is 9.97. The molecule has 0 aromatic carbocycles. The standard InChI is InChI=1S/C17H23N3O3S2/c1-23-8-4-7-18-14(21)10-24-9-13-19-16(22)15-11-5-2-3-6-12(11)25-17(15)20-13/h2-10H2,1H3,(H,18,21)(H,19,20,22). The number of nitrogens with zero attached hydrogens (tertiary/aromatic N) is 1. The van der Waals surface area contributed by atoms with E-state index in [0.717, 1.165) is 35.9 Å². The molecule has 0 saturated carbocycles. The predicted molar refractivity (Wildman–Crippen MR) is 103 cm³/mol. The van der Waals surface area contributed by atoms with E-state index in [9.17, 15) is 9.59 Å². The van der Waals surface area contributed by atoms with Crippen molar-refractivity contribution in [1.82, 2.24) is 15.3 Å². The second kappa shape index (κ2) is 8.82. The summed E-state index contributed by atoms with van der Waals surface area (Å²) >= 11 is 3.11. The number of thioether (sulfide) groups is 1. The summed E-state index contributed by atoms with van der Waals surface area (Å²) in [6, 6.07) is 0. The lowest BCUT2D eigenvalue weighted by molar-refractivity contribution is -0.118. The number of ether oxygens (including phenoxy) is 1. The summed E-state index contributed by atoms with van der Waals surface area (Å²) in [5, 5.41) is 3.63. The molecule has 0 bridgehead atoms. The minimum Gasteiger partial charge on any atom is -0.385 e. The van der Waals surface area contributed by atoms with Crippen molar-refractivity contribution in [1.29, 1.82) is 0 Å². The monoisotopic (exact) mass is 381 g/mol. The predicted octanol–water partition coefficient (Wildman–Crippen LogP) is 2.25. The molecule has 136 valence electrons. The SMILES string of the molecule is COCCCNC(=O)CSCc1nc2sc3c(c2c(=O)[nH]1)CCCC3. The Kier molecular flexibility index (Phi) is 6.50. The van der Waals surface area contributed by atoms with Crippen LogP contribution in [-0.4, -0.2) is 41.9 Å². The maximum atomic E-state index is 12.4. The molecule has 8 heteroatoms. The summed E-state index contributed by atoms with van der Waals surface area (Å²) in [5.74, 6) is 1.53. The molecule has 0 unspecified atom stereocenters. The number of nitrogens with one attached hydrogen (secondary N) is 2. The van der Waals surface area contributed by atoms with Gasteiger partial charge in [-0.15, -0.1) is 23.1 Å². The van der Waals surface area contributed by atoms with Crippen LogP contribution in [0.5, 0.6) is 0 Å². The quantitative estimate of drug-likeness (QED) is 0.685. The lowest BCUT2D eigenvalue weighted by Crippen LogP contribution is -2.27. The van der Waals surface area contributed by atoms with Crippen LogP contribution in [0.1, 0.15) is 35.5 Å². The van der Waals surface area contributed by atoms with Crippen molar-refractivity contribution >= 4 is 39.2 Å². The first-order chi connectivity index (χ1) is 12.2. The molecular weight excluding hydrogens is 358 g/mol. The van der Waals surface area contributed by atoms with Crippen LogP contribution in [0, 0.1) is 0 Å². The van der Waals surface area contributed by atoms with Gasteiger partial charge in [0.15, 0.2) is 0 Å². The molecule has 0 atom stereocenters. The average Bonchev–Trinajstić information content (AvgIpc) is 2.97. The number of methoxy groups -OCH3 is 1. The first-order valence-corrected chi connectivity index (χ1v) is 10.5. The fourth-order valence-corrected chi connectivity index (χ4v) is 5.01. The number of hydrogen-bond donors (Lipinski definition) is 2. The third kappa shape index (κ3) is 4.62. The smallest absolute Gasteiger partial charge is 0.259 e. The summed E-state index contributed by atoms with van der Waals surface area (Å²) in [7, 11) is 1.65. The fraction of sp³-hybridized carbons (Fsp3) is 0.588. The number of carbonyl (C=O) groups is 1. The van der Waals surface area contributed by atoms with E-state index >= 15 is 0 Å². The molecule has 0 radical (unpaired) electrons.